The molecule has 2 heterocycles. The van der Waals surface area contributed by atoms with Crippen LogP contribution in [0, 0.1) is 24.5 Å². The number of piperidine rings is 1. The molecule has 1 aromatic carbocycles. The van der Waals surface area contributed by atoms with Crippen molar-refractivity contribution < 1.29 is 14.4 Å². The molecule has 0 radical (unpaired) electrons. The van der Waals surface area contributed by atoms with Crippen molar-refractivity contribution in [3.05, 3.63) is 34.1 Å². The Balaban J connectivity index is 1.72. The van der Waals surface area contributed by atoms with Gasteiger partial charge in [0, 0.05) is 12.8 Å². The Morgan fingerprint density at radius 2 is 2.04 bits per heavy atom. The summed E-state index contributed by atoms with van der Waals surface area (Å²) in [6.45, 7) is 6.55. The van der Waals surface area contributed by atoms with Gasteiger partial charge in [-0.3, -0.25) is 4.79 Å². The van der Waals surface area contributed by atoms with Crippen molar-refractivity contribution in [3.63, 3.8) is 0 Å². The number of ether oxygens (including phenoxy) is 1. The van der Waals surface area contributed by atoms with Crippen LogP contribution in [0.3, 0.4) is 0 Å². The molecule has 0 unspecified atom stereocenters. The Bertz CT molecular complexity index is 821. The third-order valence-electron chi connectivity index (χ3n) is 4.83. The van der Waals surface area contributed by atoms with Gasteiger partial charge in [0.2, 0.25) is 4.77 Å². The first-order valence-corrected chi connectivity index (χ1v) is 8.92. The van der Waals surface area contributed by atoms with Crippen LogP contribution in [-0.2, 0) is 16.2 Å². The molecule has 2 aromatic rings. The predicted molar refractivity (Wildman–Crippen MR) is 95.1 cm³/mol. The number of benzene rings is 1. The van der Waals surface area contributed by atoms with Crippen molar-refractivity contribution in [2.24, 2.45) is 5.92 Å². The number of nitrogens with zero attached hydrogens (tertiary/aromatic N) is 4. The minimum absolute atomic E-state index is 0.0207. The Morgan fingerprint density at radius 1 is 1.32 bits per heavy atom. The molecule has 7 nitrogen and oxygen atoms in total. The van der Waals surface area contributed by atoms with E-state index in [-0.39, 0.29) is 11.9 Å². The summed E-state index contributed by atoms with van der Waals surface area (Å²) in [6, 6.07) is 6.20. The summed E-state index contributed by atoms with van der Waals surface area (Å²) >= 11 is 5.58. The average Bonchev–Trinajstić information content (AvgIpc) is 2.97. The second kappa shape index (κ2) is 7.45. The van der Waals surface area contributed by atoms with Crippen molar-refractivity contribution in [1.29, 1.82) is 0 Å². The molecule has 0 amide bonds. The summed E-state index contributed by atoms with van der Waals surface area (Å²) in [4.78, 5) is 13.0. The fraction of sp³-hybridized carbons (Fsp3) is 0.529. The van der Waals surface area contributed by atoms with Gasteiger partial charge in [-0.25, -0.2) is 0 Å². The molecule has 1 fully saturated rings. The predicted octanol–water partition coefficient (Wildman–Crippen LogP) is 0.841. The lowest BCUT2D eigenvalue weighted by atomic mass is 9.97. The quantitative estimate of drug-likeness (QED) is 0.645. The van der Waals surface area contributed by atoms with E-state index in [0.717, 1.165) is 42.7 Å². The number of esters is 1. The number of tetrazole rings is 1. The highest BCUT2D eigenvalue weighted by Crippen LogP contribution is 2.15. The topological polar surface area (TPSA) is 66.4 Å². The van der Waals surface area contributed by atoms with Crippen molar-refractivity contribution in [2.75, 3.05) is 20.2 Å². The molecule has 1 saturated heterocycles. The van der Waals surface area contributed by atoms with Crippen LogP contribution in [0.5, 0.6) is 0 Å². The molecule has 0 atom stereocenters. The largest absolute Gasteiger partial charge is 0.469 e. The lowest BCUT2D eigenvalue weighted by Crippen LogP contribution is -3.12. The van der Waals surface area contributed by atoms with E-state index in [1.807, 2.05) is 13.8 Å². The van der Waals surface area contributed by atoms with Gasteiger partial charge in [-0.05, 0) is 53.7 Å². The number of methoxy groups -OCH3 is 1. The van der Waals surface area contributed by atoms with Crippen LogP contribution in [0.2, 0.25) is 0 Å². The average molecular weight is 362 g/mol. The number of carbonyl (C=O) groups is 1. The van der Waals surface area contributed by atoms with Gasteiger partial charge in [0.25, 0.3) is 0 Å². The summed E-state index contributed by atoms with van der Waals surface area (Å²) < 4.78 is 8.92. The molecule has 1 aromatic heterocycles. The molecule has 0 spiro atoms. The SMILES string of the molecule is COC(=O)C1CC[NH+](Cn2nnn(-c3cc(C)ccc3C)c2=S)CC1. The van der Waals surface area contributed by atoms with Crippen LogP contribution in [0.15, 0.2) is 18.2 Å². The normalized spacial score (nSPS) is 20.4. The second-order valence-corrected chi connectivity index (χ2v) is 7.03. The third kappa shape index (κ3) is 3.80. The fourth-order valence-corrected chi connectivity index (χ4v) is 3.51. The smallest absolute Gasteiger partial charge is 0.309 e. The van der Waals surface area contributed by atoms with Gasteiger partial charge >= 0.3 is 5.97 Å². The second-order valence-electron chi connectivity index (χ2n) is 6.67. The standard InChI is InChI=1S/C17H23N5O2S/c1-12-4-5-13(2)15(10-12)22-17(25)21(18-19-22)11-20-8-6-14(7-9-20)16(23)24-3/h4-5,10,14H,6-9,11H2,1-3H3/p+1. The zero-order chi connectivity index (χ0) is 18.0. The minimum atomic E-state index is -0.100. The van der Waals surface area contributed by atoms with Crippen LogP contribution in [0.1, 0.15) is 24.0 Å². The molecule has 8 heteroatoms. The van der Waals surface area contributed by atoms with E-state index in [0.29, 0.717) is 11.4 Å². The van der Waals surface area contributed by atoms with Gasteiger partial charge in [0.15, 0.2) is 6.67 Å². The number of hydrogen-bond acceptors (Lipinski definition) is 5. The number of aryl methyl sites for hydroxylation is 2. The number of carbonyl (C=O) groups excluding carboxylic acids is 1. The van der Waals surface area contributed by atoms with E-state index in [1.165, 1.54) is 12.0 Å². The number of nitrogens with one attached hydrogen (secondary N) is 1. The third-order valence-corrected chi connectivity index (χ3v) is 5.22. The van der Waals surface area contributed by atoms with Crippen LogP contribution in [0.4, 0.5) is 0 Å². The molecule has 0 aliphatic carbocycles. The van der Waals surface area contributed by atoms with Gasteiger partial charge in [-0.2, -0.15) is 9.36 Å². The van der Waals surface area contributed by atoms with Gasteiger partial charge < -0.3 is 9.64 Å². The fourth-order valence-electron chi connectivity index (χ4n) is 3.27. The number of hydrogen-bond donors (Lipinski definition) is 1. The molecule has 1 aliphatic heterocycles. The van der Waals surface area contributed by atoms with E-state index in [4.69, 9.17) is 17.0 Å². The highest BCUT2D eigenvalue weighted by Gasteiger charge is 2.28. The Labute approximate surface area is 152 Å². The zero-order valence-electron chi connectivity index (χ0n) is 14.9. The molecule has 1 N–H and O–H groups in total. The van der Waals surface area contributed by atoms with E-state index < -0.39 is 0 Å². The molecular weight excluding hydrogens is 338 g/mol. The van der Waals surface area contributed by atoms with Gasteiger partial charge in [-0.1, -0.05) is 12.1 Å². The van der Waals surface area contributed by atoms with Crippen LogP contribution in [-0.4, -0.2) is 46.0 Å². The Hall–Kier alpha value is -2.06. The molecule has 1 aliphatic rings. The first-order chi connectivity index (χ1) is 12.0. The molecule has 25 heavy (non-hydrogen) atoms. The maximum atomic E-state index is 11.6. The maximum Gasteiger partial charge on any atom is 0.309 e. The Morgan fingerprint density at radius 3 is 2.72 bits per heavy atom. The van der Waals surface area contributed by atoms with Crippen molar-refractivity contribution >= 4 is 18.2 Å². The summed E-state index contributed by atoms with van der Waals surface area (Å²) in [5.41, 5.74) is 3.24. The highest BCUT2D eigenvalue weighted by molar-refractivity contribution is 7.71. The van der Waals surface area contributed by atoms with E-state index in [1.54, 1.807) is 9.36 Å². The van der Waals surface area contributed by atoms with E-state index >= 15 is 0 Å². The molecular formula is C17H24N5O2S+. The van der Waals surface area contributed by atoms with Crippen molar-refractivity contribution in [2.45, 2.75) is 33.4 Å². The number of quaternary nitrogens is 1. The number of likely N-dealkylation sites (tertiary alicyclic amines) is 1. The zero-order valence-corrected chi connectivity index (χ0v) is 15.7. The summed E-state index contributed by atoms with van der Waals surface area (Å²) in [7, 11) is 1.45. The highest BCUT2D eigenvalue weighted by atomic mass is 32.1. The first-order valence-electron chi connectivity index (χ1n) is 8.51. The first kappa shape index (κ1) is 17.8. The monoisotopic (exact) mass is 362 g/mol. The van der Waals surface area contributed by atoms with Gasteiger partial charge in [0.1, 0.15) is 0 Å². The number of rotatable bonds is 4. The summed E-state index contributed by atoms with van der Waals surface area (Å²) in [5, 5.41) is 8.49. The van der Waals surface area contributed by atoms with Crippen LogP contribution >= 0.6 is 12.2 Å². The van der Waals surface area contributed by atoms with Gasteiger partial charge in [-0.15, -0.1) is 0 Å². The maximum absolute atomic E-state index is 11.6. The lowest BCUT2D eigenvalue weighted by Gasteiger charge is -2.27. The molecule has 0 bridgehead atoms. The number of aromatic nitrogens is 4. The van der Waals surface area contributed by atoms with Crippen LogP contribution in [0.25, 0.3) is 5.69 Å². The summed E-state index contributed by atoms with van der Waals surface area (Å²) in [5.74, 6) is -0.0797. The van der Waals surface area contributed by atoms with Crippen molar-refractivity contribution in [3.8, 4) is 5.69 Å². The lowest BCUT2D eigenvalue weighted by molar-refractivity contribution is -0.929. The Kier molecular flexibility index (Phi) is 5.29. The summed E-state index contributed by atoms with van der Waals surface area (Å²) in [6.07, 6.45) is 1.67. The van der Waals surface area contributed by atoms with Gasteiger partial charge in [0.05, 0.1) is 31.8 Å². The van der Waals surface area contributed by atoms with E-state index in [9.17, 15) is 4.79 Å². The molecule has 0 saturated carbocycles. The van der Waals surface area contributed by atoms with E-state index in [2.05, 4.69) is 28.6 Å². The molecule has 3 rings (SSSR count). The minimum Gasteiger partial charge on any atom is -0.469 e. The molecule has 134 valence electrons. The van der Waals surface area contributed by atoms with Crippen molar-refractivity contribution in [1.82, 2.24) is 19.8 Å². The van der Waals surface area contributed by atoms with Crippen LogP contribution < -0.4 is 4.90 Å².